The fraction of sp³-hybridized carbons (Fsp3) is 0.429. The van der Waals surface area contributed by atoms with Gasteiger partial charge in [-0.1, -0.05) is 63.2 Å². The highest BCUT2D eigenvalue weighted by molar-refractivity contribution is 5.86. The number of nitrogens with one attached hydrogen (secondary N) is 1. The lowest BCUT2D eigenvalue weighted by atomic mass is 9.83. The highest BCUT2D eigenvalue weighted by Gasteiger charge is 2.28. The number of H-pyrrole nitrogens is 1. The number of fused-ring (bicyclic) bond motifs is 1. The number of para-hydroxylation sites is 1. The number of rotatable bonds is 5. The van der Waals surface area contributed by atoms with Gasteiger partial charge in [-0.3, -0.25) is 4.79 Å². The van der Waals surface area contributed by atoms with Crippen molar-refractivity contribution >= 4 is 22.9 Å². The van der Waals surface area contributed by atoms with E-state index in [0.29, 0.717) is 39.2 Å². The first-order chi connectivity index (χ1) is 16.3. The molecule has 0 unspecified atom stereocenters. The summed E-state index contributed by atoms with van der Waals surface area (Å²) in [6, 6.07) is 16.9. The molecule has 1 aromatic heterocycles. The van der Waals surface area contributed by atoms with Crippen LogP contribution in [0, 0.1) is 0 Å². The van der Waals surface area contributed by atoms with Crippen LogP contribution in [0.15, 0.2) is 54.7 Å². The molecule has 180 valence electrons. The van der Waals surface area contributed by atoms with Crippen LogP contribution in [-0.4, -0.2) is 59.6 Å². The van der Waals surface area contributed by atoms with Crippen molar-refractivity contribution in [3.05, 3.63) is 71.4 Å². The Morgan fingerprint density at radius 2 is 1.62 bits per heavy atom. The maximum atomic E-state index is 13.4. The maximum Gasteiger partial charge on any atom is 0.409 e. The zero-order valence-corrected chi connectivity index (χ0v) is 20.6. The van der Waals surface area contributed by atoms with Gasteiger partial charge in [0, 0.05) is 55.6 Å². The first kappa shape index (κ1) is 23.9. The number of hydrogen-bond donors (Lipinski definition) is 1. The highest BCUT2D eigenvalue weighted by Crippen LogP contribution is 2.35. The lowest BCUT2D eigenvalue weighted by Crippen LogP contribution is -2.50. The second kappa shape index (κ2) is 9.92. The van der Waals surface area contributed by atoms with Crippen LogP contribution in [-0.2, 0) is 14.9 Å². The Labute approximate surface area is 201 Å². The van der Waals surface area contributed by atoms with Crippen molar-refractivity contribution < 1.29 is 14.3 Å². The van der Waals surface area contributed by atoms with E-state index < -0.39 is 0 Å². The zero-order chi connectivity index (χ0) is 24.3. The SMILES string of the molecule is CCOC(=O)N1CCN(C(=O)C[C@H](c2ccc(C(C)(C)C)cc2)c2c[nH]c3ccccc23)CC1. The van der Waals surface area contributed by atoms with Crippen LogP contribution in [0.1, 0.15) is 56.7 Å². The summed E-state index contributed by atoms with van der Waals surface area (Å²) in [5, 5.41) is 1.15. The van der Waals surface area contributed by atoms with E-state index in [4.69, 9.17) is 4.74 Å². The standard InChI is InChI=1S/C28H35N3O3/c1-5-34-27(33)31-16-14-30(15-17-31)26(32)18-23(20-10-12-21(13-11-20)28(2,3)4)24-19-29-25-9-7-6-8-22(24)25/h6-13,19,23,29H,5,14-18H2,1-4H3/t23-/m1/s1. The molecule has 1 aliphatic rings. The molecule has 0 aliphatic carbocycles. The predicted octanol–water partition coefficient (Wildman–Crippen LogP) is 5.29. The summed E-state index contributed by atoms with van der Waals surface area (Å²) < 4.78 is 5.10. The smallest absolute Gasteiger partial charge is 0.409 e. The number of amides is 2. The van der Waals surface area contributed by atoms with Crippen LogP contribution in [0.3, 0.4) is 0 Å². The van der Waals surface area contributed by atoms with Crippen molar-refractivity contribution in [1.82, 2.24) is 14.8 Å². The van der Waals surface area contributed by atoms with E-state index >= 15 is 0 Å². The van der Waals surface area contributed by atoms with Crippen LogP contribution in [0.4, 0.5) is 4.79 Å². The molecule has 0 saturated carbocycles. The summed E-state index contributed by atoms with van der Waals surface area (Å²) in [6.45, 7) is 10.8. The average Bonchev–Trinajstić information content (AvgIpc) is 3.26. The molecule has 6 nitrogen and oxygen atoms in total. The molecule has 1 atom stereocenters. The van der Waals surface area contributed by atoms with Crippen LogP contribution >= 0.6 is 0 Å². The molecule has 2 heterocycles. The molecular formula is C28H35N3O3. The summed E-state index contributed by atoms with van der Waals surface area (Å²) in [5.41, 5.74) is 4.69. The number of aromatic amines is 1. The number of hydrogen-bond acceptors (Lipinski definition) is 3. The van der Waals surface area contributed by atoms with Crippen molar-refractivity contribution in [2.24, 2.45) is 0 Å². The maximum absolute atomic E-state index is 13.4. The van der Waals surface area contributed by atoms with E-state index in [1.807, 2.05) is 23.2 Å². The Kier molecular flexibility index (Phi) is 6.96. The fourth-order valence-corrected chi connectivity index (χ4v) is 4.66. The summed E-state index contributed by atoms with van der Waals surface area (Å²) in [4.78, 5) is 32.4. The Hall–Kier alpha value is -3.28. The third-order valence-electron chi connectivity index (χ3n) is 6.71. The predicted molar refractivity (Wildman–Crippen MR) is 135 cm³/mol. The van der Waals surface area contributed by atoms with Crippen LogP contribution < -0.4 is 0 Å². The number of ether oxygens (including phenoxy) is 1. The van der Waals surface area contributed by atoms with Crippen molar-refractivity contribution in [2.45, 2.75) is 45.4 Å². The number of benzene rings is 2. The number of carbonyl (C=O) groups excluding carboxylic acids is 2. The molecule has 2 amide bonds. The molecule has 34 heavy (non-hydrogen) atoms. The number of piperazine rings is 1. The van der Waals surface area contributed by atoms with Crippen molar-refractivity contribution in [3.8, 4) is 0 Å². The number of aromatic nitrogens is 1. The molecule has 0 radical (unpaired) electrons. The van der Waals surface area contributed by atoms with E-state index in [9.17, 15) is 9.59 Å². The molecule has 6 heteroatoms. The summed E-state index contributed by atoms with van der Waals surface area (Å²) in [5.74, 6) is 0.0550. The molecule has 1 fully saturated rings. The van der Waals surface area contributed by atoms with Crippen molar-refractivity contribution in [1.29, 1.82) is 0 Å². The van der Waals surface area contributed by atoms with E-state index in [2.05, 4.69) is 62.2 Å². The monoisotopic (exact) mass is 461 g/mol. The van der Waals surface area contributed by atoms with Gasteiger partial charge < -0.3 is 19.5 Å². The van der Waals surface area contributed by atoms with Crippen LogP contribution in [0.25, 0.3) is 10.9 Å². The summed E-state index contributed by atoms with van der Waals surface area (Å²) >= 11 is 0. The first-order valence-electron chi connectivity index (χ1n) is 12.1. The van der Waals surface area contributed by atoms with Gasteiger partial charge in [0.05, 0.1) is 6.61 Å². The van der Waals surface area contributed by atoms with E-state index in [1.165, 1.54) is 5.56 Å². The molecule has 1 aliphatic heterocycles. The topological polar surface area (TPSA) is 65.6 Å². The second-order valence-corrected chi connectivity index (χ2v) is 9.99. The van der Waals surface area contributed by atoms with Crippen molar-refractivity contribution in [3.63, 3.8) is 0 Å². The minimum absolute atomic E-state index is 0.0549. The molecule has 0 spiro atoms. The minimum Gasteiger partial charge on any atom is -0.450 e. The Morgan fingerprint density at radius 1 is 0.971 bits per heavy atom. The normalized spacial score (nSPS) is 15.4. The van der Waals surface area contributed by atoms with Gasteiger partial charge in [0.15, 0.2) is 0 Å². The lowest BCUT2D eigenvalue weighted by Gasteiger charge is -2.34. The fourth-order valence-electron chi connectivity index (χ4n) is 4.66. The molecule has 4 rings (SSSR count). The Morgan fingerprint density at radius 3 is 2.26 bits per heavy atom. The quantitative estimate of drug-likeness (QED) is 0.562. The van der Waals surface area contributed by atoms with Gasteiger partial charge >= 0.3 is 6.09 Å². The zero-order valence-electron chi connectivity index (χ0n) is 20.6. The number of carbonyl (C=O) groups is 2. The van der Waals surface area contributed by atoms with Gasteiger partial charge in [0.2, 0.25) is 5.91 Å². The third kappa shape index (κ3) is 5.11. The van der Waals surface area contributed by atoms with Gasteiger partial charge in [-0.2, -0.15) is 0 Å². The molecular weight excluding hydrogens is 426 g/mol. The van der Waals surface area contributed by atoms with Gasteiger partial charge in [0.1, 0.15) is 0 Å². The Balaban J connectivity index is 1.57. The van der Waals surface area contributed by atoms with E-state index in [0.717, 1.165) is 22.0 Å². The van der Waals surface area contributed by atoms with Gasteiger partial charge in [-0.05, 0) is 35.1 Å². The molecule has 2 aromatic carbocycles. The molecule has 1 saturated heterocycles. The minimum atomic E-state index is -0.301. The molecule has 1 N–H and O–H groups in total. The van der Waals surface area contributed by atoms with E-state index in [1.54, 1.807) is 11.8 Å². The summed E-state index contributed by atoms with van der Waals surface area (Å²) in [6.07, 6.45) is 2.12. The van der Waals surface area contributed by atoms with E-state index in [-0.39, 0.29) is 23.3 Å². The Bertz CT molecular complexity index is 1140. The summed E-state index contributed by atoms with van der Waals surface area (Å²) in [7, 11) is 0. The van der Waals surface area contributed by atoms with Crippen LogP contribution in [0.5, 0.6) is 0 Å². The first-order valence-corrected chi connectivity index (χ1v) is 12.1. The molecule has 3 aromatic rings. The van der Waals surface area contributed by atoms with Gasteiger partial charge in [-0.25, -0.2) is 4.79 Å². The van der Waals surface area contributed by atoms with Gasteiger partial charge in [0.25, 0.3) is 0 Å². The van der Waals surface area contributed by atoms with Gasteiger partial charge in [-0.15, -0.1) is 0 Å². The van der Waals surface area contributed by atoms with Crippen molar-refractivity contribution in [2.75, 3.05) is 32.8 Å². The molecule has 0 bridgehead atoms. The highest BCUT2D eigenvalue weighted by atomic mass is 16.6. The second-order valence-electron chi connectivity index (χ2n) is 9.99. The van der Waals surface area contributed by atoms with Crippen LogP contribution in [0.2, 0.25) is 0 Å². The largest absolute Gasteiger partial charge is 0.450 e. The number of nitrogens with zero attached hydrogens (tertiary/aromatic N) is 2. The average molecular weight is 462 g/mol. The third-order valence-corrected chi connectivity index (χ3v) is 6.71. The lowest BCUT2D eigenvalue weighted by molar-refractivity contribution is -0.133.